The monoisotopic (exact) mass is 191 g/mol. The first kappa shape index (κ1) is 9.79. The minimum absolute atomic E-state index is 0.0799. The number of hydrogen-bond acceptors (Lipinski definition) is 2. The number of rotatable bonds is 1. The van der Waals surface area contributed by atoms with Crippen LogP contribution in [0, 0.1) is 0 Å². The molecular weight excluding hydrogens is 184 g/mol. The normalized spacial score (nSPS) is 19.3. The molecule has 0 saturated heterocycles. The summed E-state index contributed by atoms with van der Waals surface area (Å²) in [7, 11) is 0. The van der Waals surface area contributed by atoms with Crippen LogP contribution in [0.25, 0.3) is 0 Å². The van der Waals surface area contributed by atoms with Crippen LogP contribution in [-0.2, 0) is 0 Å². The Kier molecular flexibility index (Phi) is 3.05. The van der Waals surface area contributed by atoms with Gasteiger partial charge in [0.2, 0.25) is 3.79 Å². The highest BCUT2D eigenvalue weighted by Gasteiger charge is 2.41. The Hall–Kier alpha value is 0.790. The average Bonchev–Trinajstić information content (AvgIpc) is 1.64. The maximum Gasteiger partial charge on any atom is 0.219 e. The van der Waals surface area contributed by atoms with Gasteiger partial charge in [0.05, 0.1) is 0 Å². The molecule has 0 rings (SSSR count). The van der Waals surface area contributed by atoms with Gasteiger partial charge in [0.25, 0.3) is 0 Å². The van der Waals surface area contributed by atoms with Crippen molar-refractivity contribution in [3.8, 4) is 0 Å². The Morgan fingerprint density at radius 2 is 1.78 bits per heavy atom. The van der Waals surface area contributed by atoms with Crippen molar-refractivity contribution < 1.29 is 5.11 Å². The smallest absolute Gasteiger partial charge is 0.219 e. The molecule has 0 aromatic carbocycles. The highest BCUT2D eigenvalue weighted by Crippen LogP contribution is 2.36. The standard InChI is InChI=1S/C4H8Cl3NO/c1-3(9,2-8)4(5,6)7/h9H,2,8H2,1H3. The van der Waals surface area contributed by atoms with Gasteiger partial charge < -0.3 is 10.8 Å². The molecule has 2 nitrogen and oxygen atoms in total. The summed E-state index contributed by atoms with van der Waals surface area (Å²) < 4.78 is -1.71. The Morgan fingerprint density at radius 3 is 1.78 bits per heavy atom. The van der Waals surface area contributed by atoms with Crippen molar-refractivity contribution in [2.45, 2.75) is 16.3 Å². The predicted octanol–water partition coefficient (Wildman–Crippen LogP) is 1.07. The largest absolute Gasteiger partial charge is 0.384 e. The van der Waals surface area contributed by atoms with Gasteiger partial charge in [0.15, 0.2) is 0 Å². The van der Waals surface area contributed by atoms with Crippen LogP contribution in [0.5, 0.6) is 0 Å². The third-order valence-corrected chi connectivity index (χ3v) is 2.23. The molecule has 1 atom stereocenters. The Labute approximate surface area is 68.9 Å². The first-order chi connectivity index (χ1) is 3.81. The van der Waals surface area contributed by atoms with E-state index in [1.807, 2.05) is 0 Å². The van der Waals surface area contributed by atoms with E-state index in [1.54, 1.807) is 0 Å². The van der Waals surface area contributed by atoms with Gasteiger partial charge in [-0.05, 0) is 6.92 Å². The fraction of sp³-hybridized carbons (Fsp3) is 1.00. The van der Waals surface area contributed by atoms with E-state index in [0.29, 0.717) is 0 Å². The number of alkyl halides is 3. The zero-order chi connectivity index (χ0) is 7.71. The molecule has 0 heterocycles. The molecule has 0 saturated carbocycles. The van der Waals surface area contributed by atoms with Gasteiger partial charge >= 0.3 is 0 Å². The quantitative estimate of drug-likeness (QED) is 0.611. The van der Waals surface area contributed by atoms with Gasteiger partial charge in [0.1, 0.15) is 5.60 Å². The Balaban J connectivity index is 4.14. The summed E-state index contributed by atoms with van der Waals surface area (Å²) in [6, 6.07) is 0. The molecule has 0 fully saturated rings. The van der Waals surface area contributed by atoms with E-state index >= 15 is 0 Å². The molecular formula is C4H8Cl3NO. The summed E-state index contributed by atoms with van der Waals surface area (Å²) in [5, 5.41) is 9.14. The van der Waals surface area contributed by atoms with Crippen molar-refractivity contribution in [2.75, 3.05) is 6.54 Å². The first-order valence-electron chi connectivity index (χ1n) is 2.30. The predicted molar refractivity (Wildman–Crippen MR) is 40.0 cm³/mol. The summed E-state index contributed by atoms with van der Waals surface area (Å²) in [5.74, 6) is 0. The van der Waals surface area contributed by atoms with Crippen molar-refractivity contribution in [1.29, 1.82) is 0 Å². The summed E-state index contributed by atoms with van der Waals surface area (Å²) in [6.45, 7) is 1.28. The molecule has 3 N–H and O–H groups in total. The van der Waals surface area contributed by atoms with Gasteiger partial charge in [-0.15, -0.1) is 0 Å². The van der Waals surface area contributed by atoms with E-state index in [0.717, 1.165) is 0 Å². The fourth-order valence-electron chi connectivity index (χ4n) is 0.116. The van der Waals surface area contributed by atoms with E-state index in [9.17, 15) is 0 Å². The van der Waals surface area contributed by atoms with Crippen LogP contribution < -0.4 is 5.73 Å². The highest BCUT2D eigenvalue weighted by atomic mass is 35.6. The van der Waals surface area contributed by atoms with Crippen LogP contribution in [0.3, 0.4) is 0 Å². The number of nitrogens with two attached hydrogens (primary N) is 1. The first-order valence-corrected chi connectivity index (χ1v) is 3.44. The summed E-state index contributed by atoms with van der Waals surface area (Å²) >= 11 is 16.0. The molecule has 0 aromatic rings. The average molecular weight is 192 g/mol. The molecule has 1 unspecified atom stereocenters. The van der Waals surface area contributed by atoms with Crippen LogP contribution in [0.4, 0.5) is 0 Å². The van der Waals surface area contributed by atoms with Crippen molar-refractivity contribution in [2.24, 2.45) is 5.73 Å². The van der Waals surface area contributed by atoms with Crippen LogP contribution in [0.1, 0.15) is 6.92 Å². The molecule has 0 amide bonds. The van der Waals surface area contributed by atoms with Crippen molar-refractivity contribution >= 4 is 34.8 Å². The molecule has 0 radical (unpaired) electrons. The summed E-state index contributed by atoms with van der Waals surface area (Å²) in [6.07, 6.45) is 0. The lowest BCUT2D eigenvalue weighted by atomic mass is 10.1. The maximum atomic E-state index is 9.14. The van der Waals surface area contributed by atoms with Gasteiger partial charge in [-0.25, -0.2) is 0 Å². The zero-order valence-electron chi connectivity index (χ0n) is 4.87. The van der Waals surface area contributed by atoms with Gasteiger partial charge in [-0.3, -0.25) is 0 Å². The molecule has 0 aliphatic rings. The lowest BCUT2D eigenvalue weighted by Crippen LogP contribution is -2.46. The molecule has 0 aliphatic heterocycles. The second-order valence-corrected chi connectivity index (χ2v) is 4.26. The van der Waals surface area contributed by atoms with Gasteiger partial charge in [-0.2, -0.15) is 0 Å². The van der Waals surface area contributed by atoms with Crippen LogP contribution in [0.15, 0.2) is 0 Å². The van der Waals surface area contributed by atoms with E-state index in [4.69, 9.17) is 45.6 Å². The van der Waals surface area contributed by atoms with E-state index in [-0.39, 0.29) is 6.54 Å². The minimum atomic E-state index is -1.71. The topological polar surface area (TPSA) is 46.2 Å². The van der Waals surface area contributed by atoms with Crippen LogP contribution in [-0.4, -0.2) is 21.0 Å². The summed E-state index contributed by atoms with van der Waals surface area (Å²) in [5.41, 5.74) is 3.64. The highest BCUT2D eigenvalue weighted by molar-refractivity contribution is 6.68. The number of hydrogen-bond donors (Lipinski definition) is 2. The minimum Gasteiger partial charge on any atom is -0.384 e. The van der Waals surface area contributed by atoms with Crippen molar-refractivity contribution in [1.82, 2.24) is 0 Å². The van der Waals surface area contributed by atoms with Crippen molar-refractivity contribution in [3.05, 3.63) is 0 Å². The lowest BCUT2D eigenvalue weighted by molar-refractivity contribution is 0.0733. The molecule has 0 bridgehead atoms. The lowest BCUT2D eigenvalue weighted by Gasteiger charge is -2.28. The summed E-state index contributed by atoms with van der Waals surface area (Å²) in [4.78, 5) is 0. The zero-order valence-corrected chi connectivity index (χ0v) is 7.13. The molecule has 0 aromatic heterocycles. The SMILES string of the molecule is CC(O)(CN)C(Cl)(Cl)Cl. The Bertz CT molecular complexity index is 98.5. The van der Waals surface area contributed by atoms with Crippen LogP contribution >= 0.6 is 34.8 Å². The molecule has 56 valence electrons. The van der Waals surface area contributed by atoms with E-state index < -0.39 is 9.39 Å². The van der Waals surface area contributed by atoms with E-state index in [1.165, 1.54) is 6.92 Å². The number of halogens is 3. The number of aliphatic hydroxyl groups is 1. The van der Waals surface area contributed by atoms with Gasteiger partial charge in [0, 0.05) is 6.54 Å². The second kappa shape index (κ2) is 2.81. The molecule has 0 spiro atoms. The maximum absolute atomic E-state index is 9.14. The molecule has 9 heavy (non-hydrogen) atoms. The van der Waals surface area contributed by atoms with Crippen LogP contribution in [0.2, 0.25) is 0 Å². The third kappa shape index (κ3) is 2.48. The van der Waals surface area contributed by atoms with E-state index in [2.05, 4.69) is 0 Å². The van der Waals surface area contributed by atoms with Gasteiger partial charge in [-0.1, -0.05) is 34.8 Å². The molecule has 5 heteroatoms. The Morgan fingerprint density at radius 1 is 1.44 bits per heavy atom. The third-order valence-electron chi connectivity index (χ3n) is 1.01. The fourth-order valence-corrected chi connectivity index (χ4v) is 0.347. The van der Waals surface area contributed by atoms with Crippen molar-refractivity contribution in [3.63, 3.8) is 0 Å². The second-order valence-electron chi connectivity index (χ2n) is 1.98. The molecule has 0 aliphatic carbocycles.